The second-order valence-corrected chi connectivity index (χ2v) is 4.69. The molecular formula is C11H23N3O. The molecule has 15 heavy (non-hydrogen) atoms. The van der Waals surface area contributed by atoms with Gasteiger partial charge in [0.2, 0.25) is 0 Å². The highest BCUT2D eigenvalue weighted by Crippen LogP contribution is 2.09. The number of piperazine rings is 1. The zero-order valence-corrected chi connectivity index (χ0v) is 9.98. The van der Waals surface area contributed by atoms with Gasteiger partial charge in [0.15, 0.2) is 0 Å². The molecule has 0 spiro atoms. The van der Waals surface area contributed by atoms with Gasteiger partial charge in [0.25, 0.3) is 0 Å². The van der Waals surface area contributed by atoms with E-state index in [-0.39, 0.29) is 0 Å². The summed E-state index contributed by atoms with van der Waals surface area (Å²) in [7, 11) is 2.14. The van der Waals surface area contributed by atoms with Crippen molar-refractivity contribution in [1.82, 2.24) is 14.7 Å². The maximum atomic E-state index is 5.82. The van der Waals surface area contributed by atoms with Crippen molar-refractivity contribution in [2.24, 2.45) is 0 Å². The molecule has 88 valence electrons. The van der Waals surface area contributed by atoms with E-state index in [0.717, 1.165) is 32.9 Å². The lowest BCUT2D eigenvalue weighted by atomic mass is 10.2. The van der Waals surface area contributed by atoms with Crippen LogP contribution in [-0.4, -0.2) is 80.4 Å². The first-order chi connectivity index (χ1) is 7.28. The molecule has 2 rings (SSSR count). The second-order valence-electron chi connectivity index (χ2n) is 4.69. The van der Waals surface area contributed by atoms with E-state index in [1.165, 1.54) is 19.6 Å². The molecule has 2 fully saturated rings. The second kappa shape index (κ2) is 5.25. The largest absolute Gasteiger partial charge is 0.360 e. The van der Waals surface area contributed by atoms with Gasteiger partial charge in [0.05, 0.1) is 12.8 Å². The Morgan fingerprint density at radius 3 is 2.20 bits per heavy atom. The predicted molar refractivity (Wildman–Crippen MR) is 60.9 cm³/mol. The van der Waals surface area contributed by atoms with Gasteiger partial charge in [-0.1, -0.05) is 6.92 Å². The Bertz CT molecular complexity index is 186. The first-order valence-electron chi connectivity index (χ1n) is 6.03. The van der Waals surface area contributed by atoms with E-state index < -0.39 is 0 Å². The molecule has 4 nitrogen and oxygen atoms in total. The fourth-order valence-electron chi connectivity index (χ4n) is 2.19. The molecule has 0 aliphatic carbocycles. The molecule has 0 atom stereocenters. The van der Waals surface area contributed by atoms with Gasteiger partial charge in [0.1, 0.15) is 0 Å². The van der Waals surface area contributed by atoms with Crippen LogP contribution < -0.4 is 0 Å². The van der Waals surface area contributed by atoms with Crippen LogP contribution in [0.15, 0.2) is 0 Å². The number of rotatable bonds is 4. The van der Waals surface area contributed by atoms with Crippen molar-refractivity contribution in [3.63, 3.8) is 0 Å². The standard InChI is InChI=1S/C11H23N3O/c1-3-13-4-6-14(7-5-13)10-15-11-8-12(2)9-11/h11H,3-10H2,1-2H3. The molecule has 2 aliphatic rings. The van der Waals surface area contributed by atoms with Crippen LogP contribution in [0, 0.1) is 0 Å². The van der Waals surface area contributed by atoms with E-state index in [0.29, 0.717) is 6.10 Å². The smallest absolute Gasteiger partial charge is 0.0996 e. The van der Waals surface area contributed by atoms with E-state index in [2.05, 4.69) is 28.7 Å². The molecule has 2 saturated heterocycles. The number of hydrogen-bond acceptors (Lipinski definition) is 4. The van der Waals surface area contributed by atoms with Crippen molar-refractivity contribution in [3.8, 4) is 0 Å². The maximum absolute atomic E-state index is 5.82. The van der Waals surface area contributed by atoms with Crippen LogP contribution in [0.2, 0.25) is 0 Å². The lowest BCUT2D eigenvalue weighted by molar-refractivity contribution is -0.0916. The molecule has 2 aliphatic heterocycles. The van der Waals surface area contributed by atoms with Crippen molar-refractivity contribution in [1.29, 1.82) is 0 Å². The molecule has 0 unspecified atom stereocenters. The highest BCUT2D eigenvalue weighted by atomic mass is 16.5. The molecule has 0 bridgehead atoms. The van der Waals surface area contributed by atoms with E-state index in [4.69, 9.17) is 4.74 Å². The molecule has 0 aromatic carbocycles. The van der Waals surface area contributed by atoms with Crippen molar-refractivity contribution >= 4 is 0 Å². The van der Waals surface area contributed by atoms with Gasteiger partial charge in [-0.3, -0.25) is 4.90 Å². The molecule has 2 heterocycles. The Kier molecular flexibility index (Phi) is 3.97. The van der Waals surface area contributed by atoms with Gasteiger partial charge in [-0.2, -0.15) is 0 Å². The van der Waals surface area contributed by atoms with Crippen LogP contribution in [0.1, 0.15) is 6.92 Å². The lowest BCUT2D eigenvalue weighted by Crippen LogP contribution is -2.52. The third-order valence-corrected chi connectivity index (χ3v) is 3.44. The van der Waals surface area contributed by atoms with Crippen LogP contribution in [0.4, 0.5) is 0 Å². The Hall–Kier alpha value is -0.160. The SMILES string of the molecule is CCN1CCN(COC2CN(C)C2)CC1. The summed E-state index contributed by atoms with van der Waals surface area (Å²) >= 11 is 0. The monoisotopic (exact) mass is 213 g/mol. The minimum atomic E-state index is 0.485. The molecule has 0 N–H and O–H groups in total. The zero-order valence-electron chi connectivity index (χ0n) is 9.98. The molecule has 0 aromatic heterocycles. The Morgan fingerprint density at radius 1 is 1.07 bits per heavy atom. The summed E-state index contributed by atoms with van der Waals surface area (Å²) in [5.41, 5.74) is 0. The van der Waals surface area contributed by atoms with Gasteiger partial charge in [-0.15, -0.1) is 0 Å². The van der Waals surface area contributed by atoms with Gasteiger partial charge < -0.3 is 14.5 Å². The lowest BCUT2D eigenvalue weighted by Gasteiger charge is -2.39. The van der Waals surface area contributed by atoms with Crippen molar-refractivity contribution < 1.29 is 4.74 Å². The maximum Gasteiger partial charge on any atom is 0.0996 e. The summed E-state index contributed by atoms with van der Waals surface area (Å²) in [6.45, 7) is 11.2. The zero-order chi connectivity index (χ0) is 10.7. The van der Waals surface area contributed by atoms with Crippen molar-refractivity contribution in [2.75, 3.05) is 59.6 Å². The first kappa shape index (κ1) is 11.3. The molecular weight excluding hydrogens is 190 g/mol. The Morgan fingerprint density at radius 2 is 1.67 bits per heavy atom. The molecule has 4 heteroatoms. The molecule has 0 radical (unpaired) electrons. The summed E-state index contributed by atoms with van der Waals surface area (Å²) in [5, 5.41) is 0. The highest BCUT2D eigenvalue weighted by molar-refractivity contribution is 4.77. The summed E-state index contributed by atoms with van der Waals surface area (Å²) in [6.07, 6.45) is 0.485. The van der Waals surface area contributed by atoms with E-state index in [9.17, 15) is 0 Å². The average molecular weight is 213 g/mol. The van der Waals surface area contributed by atoms with Crippen LogP contribution in [0.5, 0.6) is 0 Å². The third kappa shape index (κ3) is 3.14. The van der Waals surface area contributed by atoms with E-state index >= 15 is 0 Å². The summed E-state index contributed by atoms with van der Waals surface area (Å²) in [6, 6.07) is 0. The van der Waals surface area contributed by atoms with Gasteiger partial charge in [0, 0.05) is 39.3 Å². The van der Waals surface area contributed by atoms with Crippen LogP contribution in [-0.2, 0) is 4.74 Å². The summed E-state index contributed by atoms with van der Waals surface area (Å²) in [5.74, 6) is 0. The average Bonchev–Trinajstić information content (AvgIpc) is 2.23. The van der Waals surface area contributed by atoms with Crippen LogP contribution in [0.3, 0.4) is 0 Å². The fourth-order valence-corrected chi connectivity index (χ4v) is 2.19. The quantitative estimate of drug-likeness (QED) is 0.650. The van der Waals surface area contributed by atoms with Crippen molar-refractivity contribution in [3.05, 3.63) is 0 Å². The summed E-state index contributed by atoms with van der Waals surface area (Å²) < 4.78 is 5.82. The fraction of sp³-hybridized carbons (Fsp3) is 1.00. The van der Waals surface area contributed by atoms with Crippen LogP contribution in [0.25, 0.3) is 0 Å². The number of nitrogens with zero attached hydrogens (tertiary/aromatic N) is 3. The third-order valence-electron chi connectivity index (χ3n) is 3.44. The van der Waals surface area contributed by atoms with Crippen LogP contribution >= 0.6 is 0 Å². The number of ether oxygens (including phenoxy) is 1. The molecule has 0 amide bonds. The van der Waals surface area contributed by atoms with E-state index in [1.807, 2.05) is 0 Å². The number of likely N-dealkylation sites (N-methyl/N-ethyl adjacent to an activating group) is 2. The molecule has 0 saturated carbocycles. The summed E-state index contributed by atoms with van der Waals surface area (Å²) in [4.78, 5) is 7.21. The number of likely N-dealkylation sites (tertiary alicyclic amines) is 1. The van der Waals surface area contributed by atoms with Gasteiger partial charge in [-0.05, 0) is 13.6 Å². The minimum absolute atomic E-state index is 0.485. The highest BCUT2D eigenvalue weighted by Gasteiger charge is 2.25. The number of hydrogen-bond donors (Lipinski definition) is 0. The van der Waals surface area contributed by atoms with E-state index in [1.54, 1.807) is 0 Å². The van der Waals surface area contributed by atoms with Crippen molar-refractivity contribution in [2.45, 2.75) is 13.0 Å². The minimum Gasteiger partial charge on any atom is -0.360 e. The molecule has 0 aromatic rings. The predicted octanol–water partition coefficient (Wildman–Crippen LogP) is -0.0880. The normalized spacial score (nSPS) is 26.8. The topological polar surface area (TPSA) is 19.0 Å². The Balaban J connectivity index is 1.56. The van der Waals surface area contributed by atoms with Gasteiger partial charge >= 0.3 is 0 Å². The Labute approximate surface area is 92.8 Å². The first-order valence-corrected chi connectivity index (χ1v) is 6.03. The van der Waals surface area contributed by atoms with Gasteiger partial charge in [-0.25, -0.2) is 0 Å².